The predicted molar refractivity (Wildman–Crippen MR) is 107 cm³/mol. The molecule has 0 radical (unpaired) electrons. The molecule has 1 aromatic carbocycles. The van der Waals surface area contributed by atoms with E-state index in [0.717, 1.165) is 16.2 Å². The van der Waals surface area contributed by atoms with Crippen LogP contribution >= 0.6 is 11.3 Å². The fourth-order valence-corrected chi connectivity index (χ4v) is 3.72. The molecule has 2 heterocycles. The predicted octanol–water partition coefficient (Wildman–Crippen LogP) is 3.51. The van der Waals surface area contributed by atoms with Gasteiger partial charge in [0.1, 0.15) is 28.8 Å². The molecular weight excluding hydrogens is 380 g/mol. The van der Waals surface area contributed by atoms with E-state index in [2.05, 4.69) is 9.97 Å². The van der Waals surface area contributed by atoms with Gasteiger partial charge in [-0.3, -0.25) is 9.59 Å². The van der Waals surface area contributed by atoms with E-state index in [0.29, 0.717) is 34.8 Å². The van der Waals surface area contributed by atoms with Gasteiger partial charge in [0.2, 0.25) is 0 Å². The number of nitrogens with zero attached hydrogens (tertiary/aromatic N) is 1. The molecule has 0 unspecified atom stereocenters. The largest absolute Gasteiger partial charge is 0.497 e. The van der Waals surface area contributed by atoms with E-state index in [9.17, 15) is 9.59 Å². The number of nitrogens with one attached hydrogen (secondary N) is 1. The van der Waals surface area contributed by atoms with Gasteiger partial charge >= 0.3 is 5.97 Å². The van der Waals surface area contributed by atoms with E-state index in [-0.39, 0.29) is 24.6 Å². The zero-order valence-corrected chi connectivity index (χ0v) is 16.9. The summed E-state index contributed by atoms with van der Waals surface area (Å²) in [6, 6.07) is 7.24. The first kappa shape index (κ1) is 19.9. The Morgan fingerprint density at radius 2 is 1.89 bits per heavy atom. The van der Waals surface area contributed by atoms with Gasteiger partial charge < -0.3 is 19.2 Å². The molecular formula is C20H22N2O5S. The lowest BCUT2D eigenvalue weighted by Gasteiger charge is -2.07. The van der Waals surface area contributed by atoms with Gasteiger partial charge in [0.05, 0.1) is 19.1 Å². The van der Waals surface area contributed by atoms with Crippen molar-refractivity contribution in [3.8, 4) is 11.5 Å². The van der Waals surface area contributed by atoms with Crippen molar-refractivity contribution in [2.24, 2.45) is 0 Å². The third kappa shape index (κ3) is 4.69. The molecule has 28 heavy (non-hydrogen) atoms. The highest BCUT2D eigenvalue weighted by Gasteiger charge is 2.13. The molecule has 148 valence electrons. The number of esters is 1. The van der Waals surface area contributed by atoms with Crippen LogP contribution in [0.4, 0.5) is 0 Å². The summed E-state index contributed by atoms with van der Waals surface area (Å²) in [5.41, 5.74) is 0.736. The topological polar surface area (TPSA) is 90.5 Å². The smallest absolute Gasteiger partial charge is 0.306 e. The Hall–Kier alpha value is -2.87. The lowest BCUT2D eigenvalue weighted by Crippen LogP contribution is -2.14. The molecule has 0 aliphatic heterocycles. The molecule has 0 aliphatic carbocycles. The molecule has 0 saturated carbocycles. The zero-order valence-electron chi connectivity index (χ0n) is 16.0. The lowest BCUT2D eigenvalue weighted by atomic mass is 10.2. The summed E-state index contributed by atoms with van der Waals surface area (Å²) in [5, 5.41) is 0.605. The van der Waals surface area contributed by atoms with Gasteiger partial charge in [-0.1, -0.05) is 0 Å². The van der Waals surface area contributed by atoms with E-state index in [1.54, 1.807) is 7.11 Å². The van der Waals surface area contributed by atoms with Gasteiger partial charge in [-0.25, -0.2) is 4.98 Å². The number of carbonyl (C=O) groups is 1. The summed E-state index contributed by atoms with van der Waals surface area (Å²) in [6.07, 6.45) is 0.747. The summed E-state index contributed by atoms with van der Waals surface area (Å²) >= 11 is 1.46. The van der Waals surface area contributed by atoms with Crippen molar-refractivity contribution in [1.29, 1.82) is 0 Å². The number of H-pyrrole nitrogens is 1. The normalized spacial score (nSPS) is 10.8. The molecule has 3 aromatic rings. The number of carbonyl (C=O) groups excluding carboxylic acids is 1. The molecule has 0 amide bonds. The van der Waals surface area contributed by atoms with Crippen molar-refractivity contribution in [2.45, 2.75) is 33.3 Å². The van der Waals surface area contributed by atoms with Crippen molar-refractivity contribution in [1.82, 2.24) is 9.97 Å². The van der Waals surface area contributed by atoms with Gasteiger partial charge in [-0.2, -0.15) is 0 Å². The number of hydrogen-bond donors (Lipinski definition) is 1. The van der Waals surface area contributed by atoms with Crippen molar-refractivity contribution in [2.75, 3.05) is 13.7 Å². The van der Waals surface area contributed by atoms with E-state index in [1.807, 2.05) is 38.1 Å². The second-order valence-electron chi connectivity index (χ2n) is 6.26. The maximum atomic E-state index is 12.2. The average molecular weight is 402 g/mol. The Morgan fingerprint density at radius 1 is 1.18 bits per heavy atom. The minimum Gasteiger partial charge on any atom is -0.497 e. The number of rotatable bonds is 8. The number of aromatic amines is 1. The summed E-state index contributed by atoms with van der Waals surface area (Å²) in [6.45, 7) is 4.20. The molecule has 0 aliphatic rings. The molecule has 7 nitrogen and oxygen atoms in total. The number of thiophene rings is 1. The zero-order chi connectivity index (χ0) is 20.1. The van der Waals surface area contributed by atoms with Gasteiger partial charge in [-0.15, -0.1) is 11.3 Å². The number of methoxy groups -OCH3 is 1. The first-order chi connectivity index (χ1) is 13.5. The Balaban J connectivity index is 1.45. The van der Waals surface area contributed by atoms with E-state index < -0.39 is 0 Å². The monoisotopic (exact) mass is 402 g/mol. The van der Waals surface area contributed by atoms with Crippen LogP contribution in [0.15, 0.2) is 29.1 Å². The highest BCUT2D eigenvalue weighted by atomic mass is 32.1. The summed E-state index contributed by atoms with van der Waals surface area (Å²) < 4.78 is 15.9. The average Bonchev–Trinajstić information content (AvgIpc) is 2.98. The molecule has 8 heteroatoms. The van der Waals surface area contributed by atoms with Crippen LogP contribution in [0.1, 0.15) is 29.1 Å². The standard InChI is InChI=1S/C20H22N2O5S/c1-12-13(2)28-20-18(12)19(24)21-16(22-20)11-27-17(23)5-4-10-26-15-8-6-14(25-3)7-9-15/h6-9H,4-5,10-11H2,1-3H3,(H,21,22,24). The Kier molecular flexibility index (Phi) is 6.30. The molecule has 0 atom stereocenters. The summed E-state index contributed by atoms with van der Waals surface area (Å²) in [7, 11) is 1.60. The fourth-order valence-electron chi connectivity index (χ4n) is 2.67. The third-order valence-electron chi connectivity index (χ3n) is 4.31. The number of ether oxygens (including phenoxy) is 3. The third-order valence-corrected chi connectivity index (χ3v) is 5.41. The Bertz CT molecular complexity index is 1020. The lowest BCUT2D eigenvalue weighted by molar-refractivity contribution is -0.145. The van der Waals surface area contributed by atoms with Crippen LogP contribution < -0.4 is 15.0 Å². The maximum Gasteiger partial charge on any atom is 0.306 e. The van der Waals surface area contributed by atoms with Crippen LogP contribution in [0.3, 0.4) is 0 Å². The van der Waals surface area contributed by atoms with Crippen LogP contribution in [-0.2, 0) is 16.1 Å². The van der Waals surface area contributed by atoms with Crippen molar-refractivity contribution in [3.05, 3.63) is 50.9 Å². The van der Waals surface area contributed by atoms with Crippen molar-refractivity contribution < 1.29 is 19.0 Å². The van der Waals surface area contributed by atoms with Crippen molar-refractivity contribution >= 4 is 27.5 Å². The molecule has 0 fully saturated rings. The van der Waals surface area contributed by atoms with Crippen LogP contribution in [0.2, 0.25) is 0 Å². The first-order valence-corrected chi connectivity index (χ1v) is 9.71. The number of hydrogen-bond acceptors (Lipinski definition) is 7. The second kappa shape index (κ2) is 8.88. The highest BCUT2D eigenvalue weighted by molar-refractivity contribution is 7.18. The number of aryl methyl sites for hydroxylation is 2. The van der Waals surface area contributed by atoms with Gasteiger partial charge in [-0.05, 0) is 50.1 Å². The van der Waals surface area contributed by atoms with Crippen LogP contribution in [0.25, 0.3) is 10.2 Å². The Labute approximate surface area is 166 Å². The van der Waals surface area contributed by atoms with Crippen LogP contribution in [0, 0.1) is 13.8 Å². The van der Waals surface area contributed by atoms with Crippen LogP contribution in [-0.4, -0.2) is 29.7 Å². The molecule has 2 aromatic heterocycles. The first-order valence-electron chi connectivity index (χ1n) is 8.89. The van der Waals surface area contributed by atoms with E-state index in [1.165, 1.54) is 11.3 Å². The quantitative estimate of drug-likeness (QED) is 0.458. The molecule has 0 saturated heterocycles. The van der Waals surface area contributed by atoms with Gasteiger partial charge in [0.25, 0.3) is 5.56 Å². The van der Waals surface area contributed by atoms with E-state index in [4.69, 9.17) is 14.2 Å². The maximum absolute atomic E-state index is 12.2. The van der Waals surface area contributed by atoms with Crippen molar-refractivity contribution in [3.63, 3.8) is 0 Å². The number of fused-ring (bicyclic) bond motifs is 1. The summed E-state index contributed by atoms with van der Waals surface area (Å²) in [5.74, 6) is 1.46. The van der Waals surface area contributed by atoms with Gasteiger partial charge in [0, 0.05) is 11.3 Å². The Morgan fingerprint density at radius 3 is 2.61 bits per heavy atom. The number of aromatic nitrogens is 2. The fraction of sp³-hybridized carbons (Fsp3) is 0.350. The summed E-state index contributed by atoms with van der Waals surface area (Å²) in [4.78, 5) is 32.9. The minimum atomic E-state index is -0.361. The van der Waals surface area contributed by atoms with E-state index >= 15 is 0 Å². The SMILES string of the molecule is COc1ccc(OCCCC(=O)OCc2nc3sc(C)c(C)c3c(=O)[nH]2)cc1. The van der Waals surface area contributed by atoms with Crippen LogP contribution in [0.5, 0.6) is 11.5 Å². The molecule has 3 rings (SSSR count). The second-order valence-corrected chi connectivity index (χ2v) is 7.47. The van der Waals surface area contributed by atoms with Gasteiger partial charge in [0.15, 0.2) is 0 Å². The minimum absolute atomic E-state index is 0.0562. The molecule has 0 spiro atoms. The molecule has 0 bridgehead atoms. The number of benzene rings is 1. The molecule has 1 N–H and O–H groups in total. The highest BCUT2D eigenvalue weighted by Crippen LogP contribution is 2.25.